The average molecular weight is 300 g/mol. The average Bonchev–Trinajstić information content (AvgIpc) is 2.90. The van der Waals surface area contributed by atoms with Gasteiger partial charge in [-0.05, 0) is 25.0 Å². The molecular weight excluding hydrogens is 284 g/mol. The summed E-state index contributed by atoms with van der Waals surface area (Å²) >= 11 is 4.82. The standard InChI is InChI=1S/C12H16N2O3S2/c13-12(18)9-3-5-11(6-4-9)19(15,16)14-8-10-2-1-7-17-10/h3-6,10,14H,1-2,7-8H2,(H2,13,18). The summed E-state index contributed by atoms with van der Waals surface area (Å²) in [6.45, 7) is 1.01. The van der Waals surface area contributed by atoms with Crippen molar-refractivity contribution in [1.82, 2.24) is 4.72 Å². The number of hydrogen-bond acceptors (Lipinski definition) is 4. The highest BCUT2D eigenvalue weighted by atomic mass is 32.2. The van der Waals surface area contributed by atoms with E-state index in [1.165, 1.54) is 12.1 Å². The van der Waals surface area contributed by atoms with Crippen LogP contribution in [-0.2, 0) is 14.8 Å². The van der Waals surface area contributed by atoms with Crippen molar-refractivity contribution in [3.8, 4) is 0 Å². The van der Waals surface area contributed by atoms with E-state index in [4.69, 9.17) is 22.7 Å². The maximum atomic E-state index is 12.0. The third-order valence-corrected chi connectivity index (χ3v) is 4.65. The van der Waals surface area contributed by atoms with Gasteiger partial charge in [0.15, 0.2) is 0 Å². The van der Waals surface area contributed by atoms with Crippen molar-refractivity contribution in [3.05, 3.63) is 29.8 Å². The van der Waals surface area contributed by atoms with E-state index >= 15 is 0 Å². The molecule has 1 heterocycles. The molecule has 0 aliphatic carbocycles. The van der Waals surface area contributed by atoms with Gasteiger partial charge in [0.2, 0.25) is 10.0 Å². The molecule has 1 unspecified atom stereocenters. The van der Waals surface area contributed by atoms with Gasteiger partial charge in [-0.15, -0.1) is 0 Å². The summed E-state index contributed by atoms with van der Waals surface area (Å²) in [4.78, 5) is 0.446. The molecule has 1 fully saturated rings. The summed E-state index contributed by atoms with van der Waals surface area (Å²) in [5.74, 6) is 0. The van der Waals surface area contributed by atoms with Gasteiger partial charge in [-0.2, -0.15) is 0 Å². The molecule has 19 heavy (non-hydrogen) atoms. The summed E-state index contributed by atoms with van der Waals surface area (Å²) in [7, 11) is -3.50. The summed E-state index contributed by atoms with van der Waals surface area (Å²) in [5.41, 5.74) is 6.11. The summed E-state index contributed by atoms with van der Waals surface area (Å²) in [5, 5.41) is 0. The maximum absolute atomic E-state index is 12.0. The van der Waals surface area contributed by atoms with Gasteiger partial charge < -0.3 is 10.5 Å². The fourth-order valence-electron chi connectivity index (χ4n) is 1.89. The highest BCUT2D eigenvalue weighted by Gasteiger charge is 2.20. The SMILES string of the molecule is NC(=S)c1ccc(S(=O)(=O)NCC2CCCO2)cc1. The number of thiocarbonyl (C=S) groups is 1. The Morgan fingerprint density at radius 3 is 2.63 bits per heavy atom. The van der Waals surface area contributed by atoms with Gasteiger partial charge in [0.25, 0.3) is 0 Å². The largest absolute Gasteiger partial charge is 0.389 e. The molecule has 0 spiro atoms. The van der Waals surface area contributed by atoms with E-state index in [0.29, 0.717) is 18.7 Å². The van der Waals surface area contributed by atoms with Crippen LogP contribution in [0.15, 0.2) is 29.2 Å². The fraction of sp³-hybridized carbons (Fsp3) is 0.417. The molecule has 5 nitrogen and oxygen atoms in total. The molecule has 3 N–H and O–H groups in total. The van der Waals surface area contributed by atoms with Crippen molar-refractivity contribution < 1.29 is 13.2 Å². The monoisotopic (exact) mass is 300 g/mol. The third kappa shape index (κ3) is 3.73. The Balaban J connectivity index is 2.03. The number of ether oxygens (including phenoxy) is 1. The normalized spacial score (nSPS) is 19.5. The van der Waals surface area contributed by atoms with Crippen molar-refractivity contribution in [1.29, 1.82) is 0 Å². The van der Waals surface area contributed by atoms with Gasteiger partial charge in [0.1, 0.15) is 4.99 Å². The Kier molecular flexibility index (Phi) is 4.51. The lowest BCUT2D eigenvalue weighted by Crippen LogP contribution is -2.31. The molecule has 104 valence electrons. The zero-order valence-electron chi connectivity index (χ0n) is 10.3. The second kappa shape index (κ2) is 5.96. The fourth-order valence-corrected chi connectivity index (χ4v) is 3.09. The number of hydrogen-bond donors (Lipinski definition) is 2. The van der Waals surface area contributed by atoms with Crippen LogP contribution in [0.4, 0.5) is 0 Å². The van der Waals surface area contributed by atoms with Gasteiger partial charge in [-0.3, -0.25) is 0 Å². The van der Waals surface area contributed by atoms with Crippen molar-refractivity contribution in [2.75, 3.05) is 13.2 Å². The van der Waals surface area contributed by atoms with Gasteiger partial charge in [-0.1, -0.05) is 24.4 Å². The lowest BCUT2D eigenvalue weighted by Gasteiger charge is -2.11. The van der Waals surface area contributed by atoms with Crippen LogP contribution < -0.4 is 10.5 Å². The molecule has 2 rings (SSSR count). The second-order valence-electron chi connectivity index (χ2n) is 4.38. The van der Waals surface area contributed by atoms with E-state index in [1.807, 2.05) is 0 Å². The molecular formula is C12H16N2O3S2. The van der Waals surface area contributed by atoms with E-state index in [2.05, 4.69) is 4.72 Å². The Bertz CT molecular complexity index is 549. The van der Waals surface area contributed by atoms with Crippen LogP contribution in [0, 0.1) is 0 Å². The predicted molar refractivity (Wildman–Crippen MR) is 76.5 cm³/mol. The molecule has 0 saturated carbocycles. The van der Waals surface area contributed by atoms with E-state index < -0.39 is 10.0 Å². The lowest BCUT2D eigenvalue weighted by molar-refractivity contribution is 0.114. The number of rotatable bonds is 5. The van der Waals surface area contributed by atoms with Crippen LogP contribution in [0.25, 0.3) is 0 Å². The molecule has 1 aromatic carbocycles. The van der Waals surface area contributed by atoms with Crippen molar-refractivity contribution in [2.24, 2.45) is 5.73 Å². The van der Waals surface area contributed by atoms with Gasteiger partial charge >= 0.3 is 0 Å². The number of benzene rings is 1. The van der Waals surface area contributed by atoms with Crippen molar-refractivity contribution in [2.45, 2.75) is 23.8 Å². The van der Waals surface area contributed by atoms with E-state index in [0.717, 1.165) is 12.8 Å². The third-order valence-electron chi connectivity index (χ3n) is 2.97. The Labute approximate surface area is 118 Å². The molecule has 1 aromatic rings. The Hall–Kier alpha value is -1.02. The Morgan fingerprint density at radius 2 is 2.11 bits per heavy atom. The molecule has 1 saturated heterocycles. The van der Waals surface area contributed by atoms with E-state index in [1.54, 1.807) is 12.1 Å². The molecule has 0 amide bonds. The topological polar surface area (TPSA) is 81.4 Å². The van der Waals surface area contributed by atoms with Crippen LogP contribution >= 0.6 is 12.2 Å². The molecule has 1 aliphatic heterocycles. The van der Waals surface area contributed by atoms with Crippen LogP contribution in [0.3, 0.4) is 0 Å². The zero-order valence-corrected chi connectivity index (χ0v) is 12.0. The van der Waals surface area contributed by atoms with Crippen LogP contribution in [0.2, 0.25) is 0 Å². The Morgan fingerprint density at radius 1 is 1.42 bits per heavy atom. The quantitative estimate of drug-likeness (QED) is 0.785. The number of nitrogens with one attached hydrogen (secondary N) is 1. The minimum Gasteiger partial charge on any atom is -0.389 e. The number of sulfonamides is 1. The van der Waals surface area contributed by atoms with Gasteiger partial charge in [-0.25, -0.2) is 13.1 Å². The minimum absolute atomic E-state index is 0.0225. The van der Waals surface area contributed by atoms with Crippen molar-refractivity contribution in [3.63, 3.8) is 0 Å². The van der Waals surface area contributed by atoms with E-state index in [9.17, 15) is 8.42 Å². The highest BCUT2D eigenvalue weighted by molar-refractivity contribution is 7.89. The minimum atomic E-state index is -3.50. The van der Waals surface area contributed by atoms with E-state index in [-0.39, 0.29) is 16.0 Å². The predicted octanol–water partition coefficient (Wildman–Crippen LogP) is 0.778. The maximum Gasteiger partial charge on any atom is 0.240 e. The van der Waals surface area contributed by atoms with Crippen LogP contribution in [-0.4, -0.2) is 32.7 Å². The number of nitrogens with two attached hydrogens (primary N) is 1. The van der Waals surface area contributed by atoms with Crippen molar-refractivity contribution >= 4 is 27.2 Å². The molecule has 0 aromatic heterocycles. The first-order valence-corrected chi connectivity index (χ1v) is 7.89. The molecule has 0 bridgehead atoms. The highest BCUT2D eigenvalue weighted by Crippen LogP contribution is 2.14. The summed E-state index contributed by atoms with van der Waals surface area (Å²) < 4.78 is 32.0. The molecule has 1 atom stereocenters. The first-order chi connectivity index (χ1) is 8.99. The van der Waals surface area contributed by atoms with Crippen LogP contribution in [0.5, 0.6) is 0 Å². The molecule has 1 aliphatic rings. The first kappa shape index (κ1) is 14.4. The molecule has 0 radical (unpaired) electrons. The van der Waals surface area contributed by atoms with Gasteiger partial charge in [0, 0.05) is 18.7 Å². The van der Waals surface area contributed by atoms with Gasteiger partial charge in [0.05, 0.1) is 11.0 Å². The summed E-state index contributed by atoms with van der Waals surface area (Å²) in [6.07, 6.45) is 1.85. The second-order valence-corrected chi connectivity index (χ2v) is 6.58. The van der Waals surface area contributed by atoms with Crippen LogP contribution in [0.1, 0.15) is 18.4 Å². The lowest BCUT2D eigenvalue weighted by atomic mass is 10.2. The summed E-state index contributed by atoms with van der Waals surface area (Å²) in [6, 6.07) is 6.19. The smallest absolute Gasteiger partial charge is 0.240 e. The zero-order chi connectivity index (χ0) is 13.9. The molecule has 7 heteroatoms. The first-order valence-electron chi connectivity index (χ1n) is 6.00.